The molecule has 4 heterocycles. The molecule has 2 bridgehead atoms. The van der Waals surface area contributed by atoms with Gasteiger partial charge in [0.2, 0.25) is 5.95 Å². The summed E-state index contributed by atoms with van der Waals surface area (Å²) < 4.78 is 68.2. The molecule has 3 atom stereocenters. The maximum absolute atomic E-state index is 15.1. The van der Waals surface area contributed by atoms with Crippen molar-refractivity contribution >= 4 is 23.5 Å². The molecule has 1 amide bonds. The molecule has 3 aromatic rings. The lowest BCUT2D eigenvalue weighted by atomic mass is 9.50. The standard InChI is InChI=1S/C22H20F4N8O4/c23-16-14(38-20(35)31-21-2-10(3-21)4-21)9-36-17(16)13-1-15(33-32-13)30-19-28-6-11(5-27)18-29-12(7-34(18)19)8-37-22(24,25)26/h1,6-7,10,14,16-17H,2-4,8-9H2,(H,31,35)(H2,28,30,32,33)/t10?,14-,16+,17-,21?/m0/s1. The highest BCUT2D eigenvalue weighted by molar-refractivity contribution is 5.69. The van der Waals surface area contributed by atoms with Crippen LogP contribution in [0.4, 0.5) is 34.1 Å². The maximum Gasteiger partial charge on any atom is 0.522 e. The van der Waals surface area contributed by atoms with Gasteiger partial charge in [0.25, 0.3) is 0 Å². The number of H-pyrrole nitrogens is 1. The molecule has 0 aromatic carbocycles. The Labute approximate surface area is 211 Å². The van der Waals surface area contributed by atoms with Gasteiger partial charge in [-0.05, 0) is 25.2 Å². The van der Waals surface area contributed by atoms with Crippen LogP contribution in [-0.2, 0) is 20.8 Å². The highest BCUT2D eigenvalue weighted by Gasteiger charge is 2.58. The van der Waals surface area contributed by atoms with Gasteiger partial charge in [0.15, 0.2) is 23.7 Å². The van der Waals surface area contributed by atoms with Crippen LogP contribution >= 0.6 is 0 Å². The Hall–Kier alpha value is -3.97. The molecule has 1 aliphatic heterocycles. The summed E-state index contributed by atoms with van der Waals surface area (Å²) in [5, 5.41) is 21.7. The van der Waals surface area contributed by atoms with E-state index in [2.05, 4.69) is 35.5 Å². The average Bonchev–Trinajstić information content (AvgIpc) is 3.53. The van der Waals surface area contributed by atoms with Crippen molar-refractivity contribution in [1.82, 2.24) is 29.9 Å². The third kappa shape index (κ3) is 4.47. The van der Waals surface area contributed by atoms with Gasteiger partial charge in [-0.3, -0.25) is 14.2 Å². The van der Waals surface area contributed by atoms with E-state index in [0.29, 0.717) is 5.92 Å². The van der Waals surface area contributed by atoms with E-state index < -0.39 is 37.4 Å². The van der Waals surface area contributed by atoms with Crippen molar-refractivity contribution < 1.29 is 36.6 Å². The van der Waals surface area contributed by atoms with Crippen molar-refractivity contribution in [2.45, 2.75) is 56.2 Å². The molecular weight excluding hydrogens is 516 g/mol. The summed E-state index contributed by atoms with van der Waals surface area (Å²) >= 11 is 0. The van der Waals surface area contributed by atoms with Crippen LogP contribution in [-0.4, -0.2) is 61.4 Å². The van der Waals surface area contributed by atoms with E-state index in [1.165, 1.54) is 22.9 Å². The summed E-state index contributed by atoms with van der Waals surface area (Å²) in [6.07, 6.45) is -4.10. The van der Waals surface area contributed by atoms with E-state index in [4.69, 9.17) is 9.47 Å². The van der Waals surface area contributed by atoms with Crippen LogP contribution in [0.15, 0.2) is 18.5 Å². The first kappa shape index (κ1) is 24.4. The number of hydrogen-bond donors (Lipinski definition) is 3. The van der Waals surface area contributed by atoms with Gasteiger partial charge in [-0.1, -0.05) is 0 Å². The molecule has 1 saturated heterocycles. The molecule has 16 heteroatoms. The predicted molar refractivity (Wildman–Crippen MR) is 117 cm³/mol. The molecule has 7 rings (SSSR count). The van der Waals surface area contributed by atoms with Crippen molar-refractivity contribution in [3.05, 3.63) is 35.4 Å². The number of nitrogens with one attached hydrogen (secondary N) is 3. The second-order valence-corrected chi connectivity index (χ2v) is 9.63. The van der Waals surface area contributed by atoms with E-state index >= 15 is 4.39 Å². The third-order valence-electron chi connectivity index (χ3n) is 6.94. The molecule has 0 unspecified atom stereocenters. The number of halogens is 4. The number of carbonyl (C=O) groups is 1. The summed E-state index contributed by atoms with van der Waals surface area (Å²) in [4.78, 5) is 20.3. The number of fused-ring (bicyclic) bond motifs is 1. The molecule has 12 nitrogen and oxygen atoms in total. The number of ether oxygens (including phenoxy) is 3. The van der Waals surface area contributed by atoms with Gasteiger partial charge in [-0.2, -0.15) is 10.4 Å². The maximum atomic E-state index is 15.1. The lowest BCUT2D eigenvalue weighted by Gasteiger charge is -2.61. The van der Waals surface area contributed by atoms with Crippen LogP contribution in [0.3, 0.4) is 0 Å². The second-order valence-electron chi connectivity index (χ2n) is 9.63. The van der Waals surface area contributed by atoms with Gasteiger partial charge in [0.1, 0.15) is 17.7 Å². The van der Waals surface area contributed by atoms with E-state index in [0.717, 1.165) is 19.3 Å². The number of aromatic amines is 1. The minimum absolute atomic E-state index is 0.0280. The Morgan fingerprint density at radius 1 is 1.37 bits per heavy atom. The monoisotopic (exact) mass is 536 g/mol. The lowest BCUT2D eigenvalue weighted by Crippen LogP contribution is -2.68. The van der Waals surface area contributed by atoms with Crippen LogP contribution in [0.1, 0.15) is 42.3 Å². The molecule has 3 aliphatic carbocycles. The van der Waals surface area contributed by atoms with Crippen LogP contribution < -0.4 is 10.6 Å². The lowest BCUT2D eigenvalue weighted by molar-refractivity contribution is -0.330. The average molecular weight is 536 g/mol. The number of alkyl halides is 4. The first-order valence-corrected chi connectivity index (χ1v) is 11.7. The minimum Gasteiger partial charge on any atom is -0.441 e. The number of aromatic nitrogens is 5. The smallest absolute Gasteiger partial charge is 0.441 e. The Balaban J connectivity index is 1.13. The normalized spacial score (nSPS) is 27.9. The number of rotatable bonds is 7. The summed E-state index contributed by atoms with van der Waals surface area (Å²) in [6.45, 7) is -0.992. The van der Waals surface area contributed by atoms with Crippen molar-refractivity contribution in [2.75, 3.05) is 11.9 Å². The molecule has 4 fully saturated rings. The fourth-order valence-electron chi connectivity index (χ4n) is 5.04. The van der Waals surface area contributed by atoms with Crippen molar-refractivity contribution in [2.24, 2.45) is 5.92 Å². The summed E-state index contributed by atoms with van der Waals surface area (Å²) in [5.41, 5.74) is 0.0757. The van der Waals surface area contributed by atoms with Crippen LogP contribution in [0.5, 0.6) is 0 Å². The fourth-order valence-corrected chi connectivity index (χ4v) is 5.04. The zero-order valence-corrected chi connectivity index (χ0v) is 19.5. The molecule has 38 heavy (non-hydrogen) atoms. The number of nitriles is 1. The van der Waals surface area contributed by atoms with Gasteiger partial charge in [-0.25, -0.2) is 19.2 Å². The van der Waals surface area contributed by atoms with Crippen LogP contribution in [0.25, 0.3) is 5.65 Å². The van der Waals surface area contributed by atoms with Gasteiger partial charge in [0, 0.05) is 17.8 Å². The largest absolute Gasteiger partial charge is 0.522 e. The van der Waals surface area contributed by atoms with Crippen molar-refractivity contribution in [3.8, 4) is 6.07 Å². The summed E-state index contributed by atoms with van der Waals surface area (Å²) in [5.74, 6) is 0.932. The Kier molecular flexibility index (Phi) is 5.65. The van der Waals surface area contributed by atoms with Crippen LogP contribution in [0.2, 0.25) is 0 Å². The minimum atomic E-state index is -4.85. The number of imidazole rings is 1. The molecular formula is C22H20F4N8O4. The number of amides is 1. The van der Waals surface area contributed by atoms with Crippen molar-refractivity contribution in [3.63, 3.8) is 0 Å². The Bertz CT molecular complexity index is 1420. The van der Waals surface area contributed by atoms with Gasteiger partial charge in [-0.15, -0.1) is 13.2 Å². The number of alkyl carbamates (subject to hydrolysis) is 1. The quantitative estimate of drug-likeness (QED) is 0.387. The van der Waals surface area contributed by atoms with Crippen molar-refractivity contribution in [1.29, 1.82) is 5.26 Å². The molecule has 200 valence electrons. The number of anilines is 2. The first-order chi connectivity index (χ1) is 18.1. The van der Waals surface area contributed by atoms with E-state index in [1.807, 2.05) is 6.07 Å². The molecule has 3 saturated carbocycles. The highest BCUT2D eigenvalue weighted by Crippen LogP contribution is 2.57. The number of carbonyl (C=O) groups excluding carboxylic acids is 1. The predicted octanol–water partition coefficient (Wildman–Crippen LogP) is 3.16. The highest BCUT2D eigenvalue weighted by atomic mass is 19.4. The Morgan fingerprint density at radius 3 is 2.84 bits per heavy atom. The SMILES string of the molecule is N#Cc1cnc(Nc2cc([C@@H]3OC[C@H](OC(=O)NC45CC(C4)C5)[C@H]3F)[nH]n2)n2cc(COC(F)(F)F)nc12. The van der Waals surface area contributed by atoms with Crippen LogP contribution in [0, 0.1) is 17.2 Å². The fraction of sp³-hybridized carbons (Fsp3) is 0.500. The van der Waals surface area contributed by atoms with E-state index in [1.54, 1.807) is 0 Å². The molecule has 0 radical (unpaired) electrons. The molecule has 3 N–H and O–H groups in total. The van der Waals surface area contributed by atoms with Gasteiger partial charge < -0.3 is 20.1 Å². The second kappa shape index (κ2) is 8.81. The van der Waals surface area contributed by atoms with Gasteiger partial charge in [0.05, 0.1) is 30.8 Å². The van der Waals surface area contributed by atoms with Gasteiger partial charge >= 0.3 is 12.5 Å². The molecule has 0 spiro atoms. The summed E-state index contributed by atoms with van der Waals surface area (Å²) in [7, 11) is 0. The number of nitrogens with zero attached hydrogens (tertiary/aromatic N) is 5. The first-order valence-electron chi connectivity index (χ1n) is 11.7. The zero-order chi connectivity index (χ0) is 26.7. The molecule has 4 aliphatic rings. The third-order valence-corrected chi connectivity index (χ3v) is 6.94. The molecule has 3 aromatic heterocycles. The van der Waals surface area contributed by atoms with E-state index in [-0.39, 0.29) is 46.5 Å². The Morgan fingerprint density at radius 2 is 2.16 bits per heavy atom. The van der Waals surface area contributed by atoms with E-state index in [9.17, 15) is 23.2 Å². The topological polar surface area (TPSA) is 151 Å². The summed E-state index contributed by atoms with van der Waals surface area (Å²) in [6, 6.07) is 3.33. The number of hydrogen-bond acceptors (Lipinski definition) is 9. The zero-order valence-electron chi connectivity index (χ0n) is 19.5.